The minimum atomic E-state index is -1.66. The van der Waals surface area contributed by atoms with E-state index in [1.807, 2.05) is 30.3 Å². The monoisotopic (exact) mass is 375 g/mol. The summed E-state index contributed by atoms with van der Waals surface area (Å²) in [5, 5.41) is 22.2. The van der Waals surface area contributed by atoms with E-state index in [-0.39, 0.29) is 12.3 Å². The zero-order chi connectivity index (χ0) is 18.9. The fourth-order valence-corrected chi connectivity index (χ4v) is 2.72. The van der Waals surface area contributed by atoms with Gasteiger partial charge in [0.05, 0.1) is 17.5 Å². The minimum Gasteiger partial charge on any atom is -0.488 e. The zero-order valence-corrected chi connectivity index (χ0v) is 15.0. The summed E-state index contributed by atoms with van der Waals surface area (Å²) in [5.74, 6) is 0.193. The normalized spacial score (nSPS) is 11.8. The fraction of sp³-hybridized carbons (Fsp3) is 0.250. The summed E-state index contributed by atoms with van der Waals surface area (Å²) in [6, 6.07) is 13.6. The first-order valence-electron chi connectivity index (χ1n) is 8.21. The molecule has 3 N–H and O–H groups in total. The Balaban J connectivity index is 1.97. The second-order valence-corrected chi connectivity index (χ2v) is 6.23. The lowest BCUT2D eigenvalue weighted by atomic mass is 10.0. The molecule has 2 aromatic carbocycles. The second kappa shape index (κ2) is 9.97. The van der Waals surface area contributed by atoms with E-state index < -0.39 is 12.3 Å². The summed E-state index contributed by atoms with van der Waals surface area (Å²) in [7, 11) is 0. The highest BCUT2D eigenvalue weighted by Crippen LogP contribution is 2.25. The van der Waals surface area contributed by atoms with E-state index in [4.69, 9.17) is 16.3 Å². The molecule has 0 aromatic heterocycles. The Morgan fingerprint density at radius 1 is 1.19 bits per heavy atom. The van der Waals surface area contributed by atoms with Crippen molar-refractivity contribution in [2.24, 2.45) is 0 Å². The summed E-state index contributed by atoms with van der Waals surface area (Å²) in [6.45, 7) is 3.91. The number of amides is 1. The van der Waals surface area contributed by atoms with Crippen molar-refractivity contribution in [1.82, 2.24) is 5.32 Å². The predicted molar refractivity (Wildman–Crippen MR) is 101 cm³/mol. The van der Waals surface area contributed by atoms with Crippen LogP contribution in [0.15, 0.2) is 61.2 Å². The number of aliphatic hydroxyl groups excluding tert-OH is 1. The van der Waals surface area contributed by atoms with Crippen LogP contribution in [0.1, 0.15) is 11.1 Å². The molecule has 2 rings (SSSR count). The van der Waals surface area contributed by atoms with Gasteiger partial charge in [0.1, 0.15) is 12.4 Å². The van der Waals surface area contributed by atoms with Crippen LogP contribution in [0.3, 0.4) is 0 Å². The lowest BCUT2D eigenvalue weighted by Gasteiger charge is -2.20. The average molecular weight is 376 g/mol. The molecule has 2 aromatic rings. The van der Waals surface area contributed by atoms with Gasteiger partial charge in [-0.15, -0.1) is 0 Å². The first-order chi connectivity index (χ1) is 12.5. The Morgan fingerprint density at radius 3 is 2.54 bits per heavy atom. The lowest BCUT2D eigenvalue weighted by molar-refractivity contribution is -0.126. The Kier molecular flexibility index (Phi) is 7.66. The van der Waals surface area contributed by atoms with Crippen molar-refractivity contribution >= 4 is 17.5 Å². The van der Waals surface area contributed by atoms with Crippen molar-refractivity contribution in [1.29, 1.82) is 0 Å². The maximum atomic E-state index is 12.3. The number of hydrogen-bond acceptors (Lipinski definition) is 4. The molecule has 1 atom stereocenters. The molecule has 0 spiro atoms. The van der Waals surface area contributed by atoms with E-state index >= 15 is 0 Å². The van der Waals surface area contributed by atoms with E-state index in [0.29, 0.717) is 29.4 Å². The van der Waals surface area contributed by atoms with Crippen LogP contribution in [0.25, 0.3) is 0 Å². The highest BCUT2D eigenvalue weighted by Gasteiger charge is 2.20. The third kappa shape index (κ3) is 6.19. The summed E-state index contributed by atoms with van der Waals surface area (Å²) in [6.07, 6.45) is 0.348. The number of aliphatic hydroxyl groups is 2. The summed E-state index contributed by atoms with van der Waals surface area (Å²) >= 11 is 6.14. The van der Waals surface area contributed by atoms with Crippen LogP contribution < -0.4 is 10.1 Å². The number of ether oxygens (including phenoxy) is 1. The second-order valence-electron chi connectivity index (χ2n) is 5.82. The molecule has 0 aliphatic rings. The number of rotatable bonds is 9. The standard InChI is InChI=1S/C20H22ClNO4/c1-2-10-26-18-9-8-15(11-16(18)21)13-19(23)22-17(20(24)25)12-14-6-4-3-5-7-14/h2-9,11,17,20,24-25H,1,10,12-13H2,(H,22,23)/t17-/m0/s1. The Labute approximate surface area is 157 Å². The van der Waals surface area contributed by atoms with Gasteiger partial charge in [0.2, 0.25) is 5.91 Å². The van der Waals surface area contributed by atoms with Gasteiger partial charge in [0, 0.05) is 0 Å². The van der Waals surface area contributed by atoms with E-state index in [1.54, 1.807) is 24.3 Å². The van der Waals surface area contributed by atoms with E-state index in [9.17, 15) is 15.0 Å². The molecule has 0 unspecified atom stereocenters. The molecule has 138 valence electrons. The molecule has 6 heteroatoms. The molecular weight excluding hydrogens is 354 g/mol. The molecule has 1 amide bonds. The largest absolute Gasteiger partial charge is 0.488 e. The van der Waals surface area contributed by atoms with Gasteiger partial charge >= 0.3 is 0 Å². The average Bonchev–Trinajstić information content (AvgIpc) is 2.61. The maximum absolute atomic E-state index is 12.3. The number of carbonyl (C=O) groups is 1. The highest BCUT2D eigenvalue weighted by molar-refractivity contribution is 6.32. The summed E-state index contributed by atoms with van der Waals surface area (Å²) < 4.78 is 5.39. The van der Waals surface area contributed by atoms with Crippen molar-refractivity contribution in [3.8, 4) is 5.75 Å². The van der Waals surface area contributed by atoms with Crippen LogP contribution in [-0.4, -0.2) is 35.1 Å². The molecule has 0 saturated carbocycles. The molecule has 0 aliphatic heterocycles. The molecular formula is C20H22ClNO4. The van der Waals surface area contributed by atoms with Crippen LogP contribution in [-0.2, 0) is 17.6 Å². The Morgan fingerprint density at radius 2 is 1.92 bits per heavy atom. The van der Waals surface area contributed by atoms with E-state index in [1.165, 1.54) is 0 Å². The number of carbonyl (C=O) groups excluding carboxylic acids is 1. The molecule has 0 fully saturated rings. The number of hydrogen-bond donors (Lipinski definition) is 3. The number of halogens is 1. The molecule has 26 heavy (non-hydrogen) atoms. The van der Waals surface area contributed by atoms with Gasteiger partial charge in [0.15, 0.2) is 6.29 Å². The van der Waals surface area contributed by atoms with Crippen molar-refractivity contribution in [2.45, 2.75) is 25.2 Å². The van der Waals surface area contributed by atoms with Gasteiger partial charge in [-0.25, -0.2) is 0 Å². The first kappa shape index (κ1) is 20.0. The quantitative estimate of drug-likeness (QED) is 0.465. The number of nitrogens with one attached hydrogen (secondary N) is 1. The third-order valence-corrected chi connectivity index (χ3v) is 4.02. The first-order valence-corrected chi connectivity index (χ1v) is 8.59. The highest BCUT2D eigenvalue weighted by atomic mass is 35.5. The van der Waals surface area contributed by atoms with Crippen LogP contribution in [0.5, 0.6) is 5.75 Å². The molecule has 0 saturated heterocycles. The van der Waals surface area contributed by atoms with Crippen LogP contribution in [0.2, 0.25) is 5.02 Å². The Bertz CT molecular complexity index is 734. The molecule has 0 heterocycles. The molecule has 0 bridgehead atoms. The van der Waals surface area contributed by atoms with Gasteiger partial charge in [-0.05, 0) is 29.7 Å². The number of benzene rings is 2. The fourth-order valence-electron chi connectivity index (χ4n) is 2.46. The minimum absolute atomic E-state index is 0.0689. The molecule has 0 radical (unpaired) electrons. The van der Waals surface area contributed by atoms with Gasteiger partial charge in [0.25, 0.3) is 0 Å². The molecule has 5 nitrogen and oxygen atoms in total. The van der Waals surface area contributed by atoms with E-state index in [2.05, 4.69) is 11.9 Å². The predicted octanol–water partition coefficient (Wildman–Crippen LogP) is 2.49. The lowest BCUT2D eigenvalue weighted by Crippen LogP contribution is -2.45. The van der Waals surface area contributed by atoms with Crippen molar-refractivity contribution < 1.29 is 19.7 Å². The SMILES string of the molecule is C=CCOc1ccc(CC(=O)N[C@@H](Cc2ccccc2)C(O)O)cc1Cl. The van der Waals surface area contributed by atoms with Gasteiger partial charge in [-0.1, -0.05) is 60.7 Å². The van der Waals surface area contributed by atoms with Crippen LogP contribution in [0, 0.1) is 0 Å². The smallest absolute Gasteiger partial charge is 0.224 e. The molecule has 0 aliphatic carbocycles. The Hall–Kier alpha value is -2.34. The van der Waals surface area contributed by atoms with Crippen molar-refractivity contribution in [3.05, 3.63) is 77.3 Å². The van der Waals surface area contributed by atoms with Gasteiger partial charge in [-0.2, -0.15) is 0 Å². The summed E-state index contributed by atoms with van der Waals surface area (Å²) in [4.78, 5) is 12.3. The third-order valence-electron chi connectivity index (χ3n) is 3.72. The van der Waals surface area contributed by atoms with Crippen LogP contribution >= 0.6 is 11.6 Å². The zero-order valence-electron chi connectivity index (χ0n) is 14.3. The summed E-state index contributed by atoms with van der Waals surface area (Å²) in [5.41, 5.74) is 1.60. The topological polar surface area (TPSA) is 78.8 Å². The van der Waals surface area contributed by atoms with Crippen molar-refractivity contribution in [3.63, 3.8) is 0 Å². The van der Waals surface area contributed by atoms with E-state index in [0.717, 1.165) is 5.56 Å². The van der Waals surface area contributed by atoms with Gasteiger partial charge in [-0.3, -0.25) is 4.79 Å². The maximum Gasteiger partial charge on any atom is 0.224 e. The van der Waals surface area contributed by atoms with Crippen molar-refractivity contribution in [2.75, 3.05) is 6.61 Å². The van der Waals surface area contributed by atoms with Crippen LogP contribution in [0.4, 0.5) is 0 Å². The van der Waals surface area contributed by atoms with Gasteiger partial charge < -0.3 is 20.3 Å².